The van der Waals surface area contributed by atoms with E-state index in [2.05, 4.69) is 9.97 Å². The van der Waals surface area contributed by atoms with Crippen LogP contribution in [0.5, 0.6) is 5.75 Å². The number of benzene rings is 2. The molecule has 0 aliphatic rings. The van der Waals surface area contributed by atoms with Gasteiger partial charge in [0.2, 0.25) is 0 Å². The first-order chi connectivity index (χ1) is 8.38. The van der Waals surface area contributed by atoms with Gasteiger partial charge >= 0.3 is 8.05 Å². The highest BCUT2D eigenvalue weighted by atomic mass is 16.4. The van der Waals surface area contributed by atoms with Gasteiger partial charge in [-0.15, -0.1) is 0 Å². The number of nitrogens with one attached hydrogen (secondary N) is 1. The third-order valence-electron chi connectivity index (χ3n) is 2.75. The molecule has 82 valence electrons. The van der Waals surface area contributed by atoms with E-state index in [4.69, 9.17) is 4.65 Å². The lowest BCUT2D eigenvalue weighted by Crippen LogP contribution is -1.89. The molecule has 1 N–H and O–H groups in total. The fraction of sp³-hybridized carbons (Fsp3) is 0. The summed E-state index contributed by atoms with van der Waals surface area (Å²) in [7, 11) is 1.67. The van der Waals surface area contributed by atoms with E-state index in [1.54, 1.807) is 8.05 Å². The fourth-order valence-electron chi connectivity index (χ4n) is 1.92. The summed E-state index contributed by atoms with van der Waals surface area (Å²) in [6, 6.07) is 15.8. The van der Waals surface area contributed by atoms with Crippen LogP contribution in [0.4, 0.5) is 0 Å². The van der Waals surface area contributed by atoms with Gasteiger partial charge in [-0.1, -0.05) is 24.3 Å². The summed E-state index contributed by atoms with van der Waals surface area (Å²) in [5, 5.41) is 0. The van der Waals surface area contributed by atoms with Gasteiger partial charge in [0.15, 0.2) is 0 Å². The molecule has 0 saturated heterocycles. The number of aromatic nitrogens is 2. The Morgan fingerprint density at radius 3 is 2.59 bits per heavy atom. The van der Waals surface area contributed by atoms with Crippen LogP contribution in [0.2, 0.25) is 0 Å². The van der Waals surface area contributed by atoms with Crippen LogP contribution in [0.25, 0.3) is 22.4 Å². The molecule has 0 spiro atoms. The Labute approximate surface area is 99.9 Å². The van der Waals surface area contributed by atoms with Crippen molar-refractivity contribution >= 4 is 19.1 Å². The Balaban J connectivity index is 2.20. The fourth-order valence-corrected chi connectivity index (χ4v) is 1.92. The molecule has 0 unspecified atom stereocenters. The Kier molecular flexibility index (Phi) is 2.33. The van der Waals surface area contributed by atoms with Crippen molar-refractivity contribution in [2.24, 2.45) is 0 Å². The smallest absolute Gasteiger partial charge is 0.322 e. The predicted octanol–water partition coefficient (Wildman–Crippen LogP) is 2.16. The van der Waals surface area contributed by atoms with Gasteiger partial charge in [0.05, 0.1) is 16.6 Å². The first-order valence-corrected chi connectivity index (χ1v) is 5.46. The van der Waals surface area contributed by atoms with Gasteiger partial charge in [0.25, 0.3) is 0 Å². The molecule has 3 nitrogen and oxygen atoms in total. The van der Waals surface area contributed by atoms with Gasteiger partial charge in [-0.2, -0.15) is 0 Å². The quantitative estimate of drug-likeness (QED) is 0.674. The zero-order valence-electron chi connectivity index (χ0n) is 9.47. The van der Waals surface area contributed by atoms with Gasteiger partial charge in [0, 0.05) is 0 Å². The van der Waals surface area contributed by atoms with Gasteiger partial charge < -0.3 is 9.64 Å². The maximum atomic E-state index is 5.34. The molecule has 1 heterocycles. The number of fused-ring (bicyclic) bond motifs is 1. The Hall–Kier alpha value is -2.23. The largest absolute Gasteiger partial charge is 0.567 e. The van der Waals surface area contributed by atoms with Crippen LogP contribution in [-0.2, 0) is 0 Å². The first kappa shape index (κ1) is 9.96. The molecule has 17 heavy (non-hydrogen) atoms. The second-order valence-electron chi connectivity index (χ2n) is 3.80. The normalized spacial score (nSPS) is 10.6. The molecule has 3 aromatic rings. The maximum Gasteiger partial charge on any atom is 0.322 e. The van der Waals surface area contributed by atoms with Crippen LogP contribution < -0.4 is 4.65 Å². The van der Waals surface area contributed by atoms with Crippen molar-refractivity contribution in [2.75, 3.05) is 0 Å². The summed E-state index contributed by atoms with van der Waals surface area (Å²) in [6.07, 6.45) is 0. The van der Waals surface area contributed by atoms with E-state index in [0.717, 1.165) is 28.2 Å². The molecule has 0 atom stereocenters. The summed E-state index contributed by atoms with van der Waals surface area (Å²) in [5.74, 6) is 1.66. The molecule has 0 radical (unpaired) electrons. The molecular weight excluding hydrogens is 211 g/mol. The highest BCUT2D eigenvalue weighted by molar-refractivity contribution is 6.00. The van der Waals surface area contributed by atoms with E-state index in [0.29, 0.717) is 0 Å². The molecule has 2 aromatic carbocycles. The van der Waals surface area contributed by atoms with Crippen LogP contribution in [0.1, 0.15) is 0 Å². The molecule has 3 rings (SSSR count). The van der Waals surface area contributed by atoms with Crippen molar-refractivity contribution < 1.29 is 4.65 Å². The number of H-pyrrole nitrogens is 1. The minimum atomic E-state index is 0.826. The lowest BCUT2D eigenvalue weighted by Gasteiger charge is -2.05. The van der Waals surface area contributed by atoms with Crippen LogP contribution in [0.15, 0.2) is 48.5 Å². The number of imidazole rings is 1. The first-order valence-electron chi connectivity index (χ1n) is 5.46. The highest BCUT2D eigenvalue weighted by Crippen LogP contribution is 2.28. The summed E-state index contributed by atoms with van der Waals surface area (Å²) in [6.45, 7) is 0. The number of hydrogen-bond donors (Lipinski definition) is 1. The van der Waals surface area contributed by atoms with Crippen molar-refractivity contribution in [1.29, 1.82) is 0 Å². The van der Waals surface area contributed by atoms with Crippen LogP contribution in [0.3, 0.4) is 0 Å². The molecule has 0 bridgehead atoms. The third kappa shape index (κ3) is 1.67. The van der Waals surface area contributed by atoms with Crippen LogP contribution in [0, 0.1) is 0 Å². The summed E-state index contributed by atoms with van der Waals surface area (Å²) in [5.41, 5.74) is 2.98. The average molecular weight is 222 g/mol. The van der Waals surface area contributed by atoms with E-state index in [1.807, 2.05) is 48.5 Å². The summed E-state index contributed by atoms with van der Waals surface area (Å²) < 4.78 is 5.34. The minimum absolute atomic E-state index is 0.826. The van der Waals surface area contributed by atoms with Gasteiger partial charge in [-0.3, -0.25) is 0 Å². The molecule has 0 amide bonds. The number of hydrogen-bond acceptors (Lipinski definition) is 2. The molecule has 0 aliphatic heterocycles. The zero-order valence-corrected chi connectivity index (χ0v) is 9.47. The van der Waals surface area contributed by atoms with E-state index in [-0.39, 0.29) is 0 Å². The zero-order chi connectivity index (χ0) is 11.7. The van der Waals surface area contributed by atoms with Gasteiger partial charge in [0.1, 0.15) is 11.6 Å². The van der Waals surface area contributed by atoms with Gasteiger partial charge in [-0.25, -0.2) is 4.98 Å². The number of para-hydroxylation sites is 3. The highest BCUT2D eigenvalue weighted by Gasteiger charge is 2.08. The number of rotatable bonds is 2. The second kappa shape index (κ2) is 3.98. The molecule has 1 aromatic heterocycles. The summed E-state index contributed by atoms with van der Waals surface area (Å²) >= 11 is 0. The Morgan fingerprint density at radius 2 is 1.76 bits per heavy atom. The second-order valence-corrected chi connectivity index (χ2v) is 3.80. The lowest BCUT2D eigenvalue weighted by molar-refractivity contribution is 0.618. The lowest BCUT2D eigenvalue weighted by atomic mass is 10.2. The predicted molar refractivity (Wildman–Crippen MR) is 70.7 cm³/mol. The molecule has 0 aliphatic carbocycles. The molecular formula is C13H11BN2O. The van der Waals surface area contributed by atoms with Crippen molar-refractivity contribution in [3.63, 3.8) is 0 Å². The third-order valence-corrected chi connectivity index (χ3v) is 2.75. The van der Waals surface area contributed by atoms with Crippen LogP contribution >= 0.6 is 0 Å². The van der Waals surface area contributed by atoms with Crippen molar-refractivity contribution in [1.82, 2.24) is 9.97 Å². The topological polar surface area (TPSA) is 37.9 Å². The van der Waals surface area contributed by atoms with Crippen LogP contribution in [-0.4, -0.2) is 18.0 Å². The Morgan fingerprint density at radius 1 is 1.00 bits per heavy atom. The number of nitrogens with zero attached hydrogens (tertiary/aromatic N) is 1. The van der Waals surface area contributed by atoms with E-state index in [9.17, 15) is 0 Å². The maximum absolute atomic E-state index is 5.34. The van der Waals surface area contributed by atoms with E-state index in [1.165, 1.54) is 0 Å². The monoisotopic (exact) mass is 222 g/mol. The number of aromatic amines is 1. The van der Waals surface area contributed by atoms with E-state index >= 15 is 0 Å². The molecule has 0 fully saturated rings. The van der Waals surface area contributed by atoms with Crippen molar-refractivity contribution in [3.8, 4) is 17.1 Å². The van der Waals surface area contributed by atoms with Crippen molar-refractivity contribution in [2.45, 2.75) is 0 Å². The minimum Gasteiger partial charge on any atom is -0.567 e. The van der Waals surface area contributed by atoms with Crippen molar-refractivity contribution in [3.05, 3.63) is 48.5 Å². The standard InChI is InChI=1S/C13H11BN2O/c14-17-12-8-4-1-5-9(12)13-15-10-6-2-3-7-11(10)16-13/h1-8H,14H2,(H,15,16). The summed E-state index contributed by atoms with van der Waals surface area (Å²) in [4.78, 5) is 7.85. The average Bonchev–Trinajstić information content (AvgIpc) is 2.82. The SMILES string of the molecule is BOc1ccccc1-c1nc2ccccc2[nH]1. The Bertz CT molecular complexity index is 630. The molecule has 0 saturated carbocycles. The van der Waals surface area contributed by atoms with E-state index < -0.39 is 0 Å². The molecule has 4 heteroatoms. The van der Waals surface area contributed by atoms with Gasteiger partial charge in [-0.05, 0) is 24.3 Å².